The van der Waals surface area contributed by atoms with E-state index in [1.165, 1.54) is 0 Å². The number of carbonyl (C=O) groups excluding carboxylic acids is 1. The standard InChI is InChI=1S/C20H24N2O7Si/c1-13(14(2)30(4,5)19-8-6-18(28-3)7-9-19)29-20(23)15-10-16(21(24)25)12-17(11-15)22(26)27/h6-14H,1-5H3/t13-,14-/m1/s1. The Labute approximate surface area is 174 Å². The molecule has 0 saturated heterocycles. The van der Waals surface area contributed by atoms with Crippen LogP contribution in [0.1, 0.15) is 24.2 Å². The zero-order valence-electron chi connectivity index (χ0n) is 17.4. The summed E-state index contributed by atoms with van der Waals surface area (Å²) >= 11 is 0. The van der Waals surface area contributed by atoms with Crippen molar-refractivity contribution in [1.29, 1.82) is 0 Å². The molecule has 0 bridgehead atoms. The van der Waals surface area contributed by atoms with E-state index in [0.717, 1.165) is 29.1 Å². The summed E-state index contributed by atoms with van der Waals surface area (Å²) in [4.78, 5) is 33.1. The van der Waals surface area contributed by atoms with Crippen molar-refractivity contribution >= 4 is 30.6 Å². The van der Waals surface area contributed by atoms with Gasteiger partial charge in [0.1, 0.15) is 5.75 Å². The number of hydrogen-bond donors (Lipinski definition) is 0. The second-order valence-corrected chi connectivity index (χ2v) is 12.5. The number of esters is 1. The van der Waals surface area contributed by atoms with Gasteiger partial charge in [-0.1, -0.05) is 37.3 Å². The average Bonchev–Trinajstić information content (AvgIpc) is 2.72. The Balaban J connectivity index is 2.23. The molecule has 0 aliphatic rings. The van der Waals surface area contributed by atoms with E-state index in [9.17, 15) is 25.0 Å². The lowest BCUT2D eigenvalue weighted by Crippen LogP contribution is -2.49. The number of rotatable bonds is 8. The largest absolute Gasteiger partial charge is 0.497 e. The highest BCUT2D eigenvalue weighted by Gasteiger charge is 2.36. The molecule has 0 amide bonds. The van der Waals surface area contributed by atoms with E-state index in [-0.39, 0.29) is 11.1 Å². The Morgan fingerprint density at radius 1 is 0.967 bits per heavy atom. The fourth-order valence-electron chi connectivity index (χ4n) is 3.13. The highest BCUT2D eigenvalue weighted by molar-refractivity contribution is 6.91. The van der Waals surface area contributed by atoms with Crippen molar-refractivity contribution in [3.8, 4) is 5.75 Å². The third-order valence-electron chi connectivity index (χ3n) is 5.53. The molecule has 0 aliphatic carbocycles. The van der Waals surface area contributed by atoms with Gasteiger partial charge in [-0.25, -0.2) is 4.79 Å². The smallest absolute Gasteiger partial charge is 0.338 e. The van der Waals surface area contributed by atoms with Crippen LogP contribution >= 0.6 is 0 Å². The van der Waals surface area contributed by atoms with Crippen molar-refractivity contribution in [1.82, 2.24) is 0 Å². The van der Waals surface area contributed by atoms with Gasteiger partial charge >= 0.3 is 5.97 Å². The van der Waals surface area contributed by atoms with Crippen molar-refractivity contribution in [3.05, 3.63) is 68.3 Å². The van der Waals surface area contributed by atoms with Crippen LogP contribution in [0, 0.1) is 20.2 Å². The molecular formula is C20H24N2O7Si. The van der Waals surface area contributed by atoms with Crippen LogP contribution in [0.25, 0.3) is 0 Å². The summed E-state index contributed by atoms with van der Waals surface area (Å²) < 4.78 is 10.7. The van der Waals surface area contributed by atoms with Gasteiger partial charge in [0.2, 0.25) is 0 Å². The normalized spacial score (nSPS) is 13.2. The lowest BCUT2D eigenvalue weighted by atomic mass is 10.1. The van der Waals surface area contributed by atoms with Gasteiger partial charge in [-0.05, 0) is 24.6 Å². The first kappa shape index (κ1) is 23.0. The number of nitro groups is 2. The van der Waals surface area contributed by atoms with Crippen LogP contribution in [0.3, 0.4) is 0 Å². The highest BCUT2D eigenvalue weighted by atomic mass is 28.3. The number of nitro benzene ring substituents is 2. The van der Waals surface area contributed by atoms with E-state index in [2.05, 4.69) is 13.1 Å². The van der Waals surface area contributed by atoms with Crippen LogP contribution < -0.4 is 9.92 Å². The third-order valence-corrected chi connectivity index (χ3v) is 10.1. The molecule has 10 heteroatoms. The predicted molar refractivity (Wildman–Crippen MR) is 114 cm³/mol. The van der Waals surface area contributed by atoms with Crippen LogP contribution in [-0.4, -0.2) is 37.1 Å². The van der Waals surface area contributed by atoms with E-state index in [1.807, 2.05) is 31.2 Å². The molecule has 0 heterocycles. The molecule has 160 valence electrons. The topological polar surface area (TPSA) is 122 Å². The van der Waals surface area contributed by atoms with Crippen molar-refractivity contribution in [2.75, 3.05) is 7.11 Å². The van der Waals surface area contributed by atoms with Gasteiger partial charge in [-0.2, -0.15) is 0 Å². The SMILES string of the molecule is COc1ccc([Si](C)(C)[C@H](C)[C@@H](C)OC(=O)c2cc([N+](=O)[O-])cc([N+](=O)[O-])c2)cc1. The molecule has 0 saturated carbocycles. The van der Waals surface area contributed by atoms with E-state index in [1.54, 1.807) is 14.0 Å². The molecule has 0 radical (unpaired) electrons. The summed E-state index contributed by atoms with van der Waals surface area (Å²) in [6.45, 7) is 8.06. The zero-order valence-corrected chi connectivity index (χ0v) is 18.4. The first-order valence-electron chi connectivity index (χ1n) is 9.26. The number of hydrogen-bond acceptors (Lipinski definition) is 7. The van der Waals surface area contributed by atoms with Crippen LogP contribution in [0.2, 0.25) is 18.6 Å². The van der Waals surface area contributed by atoms with Gasteiger partial charge in [-0.3, -0.25) is 20.2 Å². The van der Waals surface area contributed by atoms with E-state index in [4.69, 9.17) is 9.47 Å². The quantitative estimate of drug-likeness (QED) is 0.267. The summed E-state index contributed by atoms with van der Waals surface area (Å²) in [6, 6.07) is 10.5. The molecule has 30 heavy (non-hydrogen) atoms. The molecule has 2 atom stereocenters. The minimum atomic E-state index is -2.06. The van der Waals surface area contributed by atoms with Crippen molar-refractivity contribution in [2.45, 2.75) is 38.6 Å². The van der Waals surface area contributed by atoms with Gasteiger partial charge in [0.25, 0.3) is 11.4 Å². The number of benzene rings is 2. The Morgan fingerprint density at radius 3 is 1.90 bits per heavy atom. The van der Waals surface area contributed by atoms with Gasteiger partial charge in [0, 0.05) is 12.1 Å². The van der Waals surface area contributed by atoms with Gasteiger partial charge in [0.15, 0.2) is 0 Å². The first-order chi connectivity index (χ1) is 14.0. The summed E-state index contributed by atoms with van der Waals surface area (Å²) in [5.74, 6) is -0.0800. The van der Waals surface area contributed by atoms with Crippen molar-refractivity contribution < 1.29 is 24.1 Å². The summed E-state index contributed by atoms with van der Waals surface area (Å²) in [5.41, 5.74) is -1.29. The number of ether oxygens (including phenoxy) is 2. The van der Waals surface area contributed by atoms with Crippen LogP contribution in [0.5, 0.6) is 5.75 Å². The van der Waals surface area contributed by atoms with Gasteiger partial charge in [0.05, 0.1) is 42.8 Å². The zero-order chi connectivity index (χ0) is 22.6. The fraction of sp³-hybridized carbons (Fsp3) is 0.350. The van der Waals surface area contributed by atoms with Crippen molar-refractivity contribution in [2.24, 2.45) is 0 Å². The number of carbonyl (C=O) groups is 1. The monoisotopic (exact) mass is 432 g/mol. The van der Waals surface area contributed by atoms with Crippen LogP contribution in [-0.2, 0) is 4.74 Å². The lowest BCUT2D eigenvalue weighted by Gasteiger charge is -2.34. The van der Waals surface area contributed by atoms with Crippen molar-refractivity contribution in [3.63, 3.8) is 0 Å². The van der Waals surface area contributed by atoms with E-state index < -0.39 is 41.4 Å². The second kappa shape index (κ2) is 9.03. The average molecular weight is 433 g/mol. The molecule has 0 aromatic heterocycles. The molecule has 2 rings (SSSR count). The molecule has 9 nitrogen and oxygen atoms in total. The molecule has 2 aromatic rings. The maximum absolute atomic E-state index is 12.6. The minimum Gasteiger partial charge on any atom is -0.497 e. The van der Waals surface area contributed by atoms with Crippen LogP contribution in [0.4, 0.5) is 11.4 Å². The highest BCUT2D eigenvalue weighted by Crippen LogP contribution is 2.29. The fourth-order valence-corrected chi connectivity index (χ4v) is 5.93. The lowest BCUT2D eigenvalue weighted by molar-refractivity contribution is -0.394. The Morgan fingerprint density at radius 2 is 1.47 bits per heavy atom. The summed E-state index contributed by atoms with van der Waals surface area (Å²) in [7, 11) is -0.459. The van der Waals surface area contributed by atoms with Gasteiger partial charge < -0.3 is 9.47 Å². The molecule has 0 fully saturated rings. The molecule has 0 spiro atoms. The molecule has 0 N–H and O–H groups in total. The second-order valence-electron chi connectivity index (χ2n) is 7.60. The summed E-state index contributed by atoms with van der Waals surface area (Å²) in [5, 5.41) is 23.2. The minimum absolute atomic E-state index is 0.00327. The van der Waals surface area contributed by atoms with Crippen LogP contribution in [0.15, 0.2) is 42.5 Å². The maximum Gasteiger partial charge on any atom is 0.338 e. The molecule has 2 aromatic carbocycles. The van der Waals surface area contributed by atoms with Gasteiger partial charge in [-0.15, -0.1) is 0 Å². The Hall–Kier alpha value is -3.27. The molecular weight excluding hydrogens is 408 g/mol. The number of nitrogens with zero attached hydrogens (tertiary/aromatic N) is 2. The Bertz CT molecular complexity index is 928. The van der Waals surface area contributed by atoms with E-state index >= 15 is 0 Å². The maximum atomic E-state index is 12.6. The number of methoxy groups -OCH3 is 1. The number of non-ortho nitro benzene ring substituents is 2. The Kier molecular flexibility index (Phi) is 6.93. The summed E-state index contributed by atoms with van der Waals surface area (Å²) in [6.07, 6.45) is -0.500. The molecule has 0 aliphatic heterocycles. The predicted octanol–water partition coefficient (Wildman–Crippen LogP) is 4.06. The third kappa shape index (κ3) is 5.01. The first-order valence-corrected chi connectivity index (χ1v) is 12.3. The van der Waals surface area contributed by atoms with E-state index in [0.29, 0.717) is 0 Å². The molecule has 0 unspecified atom stereocenters.